The zero-order valence-corrected chi connectivity index (χ0v) is 9.64. The average Bonchev–Trinajstić information content (AvgIpc) is 2.27. The molecule has 0 fully saturated rings. The number of hydrogen-bond donors (Lipinski definition) is 2. The van der Waals surface area contributed by atoms with E-state index < -0.39 is 16.9 Å². The quantitative estimate of drug-likeness (QED) is 0.605. The summed E-state index contributed by atoms with van der Waals surface area (Å²) < 4.78 is 0. The minimum Gasteiger partial charge on any atom is -0.394 e. The number of carbonyl (C=O) groups excluding carboxylic acids is 1. The topological polar surface area (TPSA) is 92.5 Å². The standard InChI is InChI=1S/C11H14N2O4/c1-7-4-3-5-9(10(7)13(16)17)11(15)12-8(2)6-14/h3-5,8,14H,6H2,1-2H3,(H,12,15). The van der Waals surface area contributed by atoms with Crippen LogP contribution in [-0.2, 0) is 0 Å². The molecule has 92 valence electrons. The van der Waals surface area contributed by atoms with Crippen molar-refractivity contribution < 1.29 is 14.8 Å². The van der Waals surface area contributed by atoms with Gasteiger partial charge in [0.15, 0.2) is 0 Å². The number of nitrogens with zero attached hydrogens (tertiary/aromatic N) is 1. The molecule has 0 heterocycles. The highest BCUT2D eigenvalue weighted by Crippen LogP contribution is 2.22. The second-order valence-corrected chi connectivity index (χ2v) is 3.79. The maximum Gasteiger partial charge on any atom is 0.285 e. The summed E-state index contributed by atoms with van der Waals surface area (Å²) in [7, 11) is 0. The molecule has 0 aromatic heterocycles. The van der Waals surface area contributed by atoms with Gasteiger partial charge in [0.25, 0.3) is 11.6 Å². The maximum absolute atomic E-state index is 11.8. The Hall–Kier alpha value is -1.95. The highest BCUT2D eigenvalue weighted by molar-refractivity contribution is 5.98. The maximum atomic E-state index is 11.8. The molecule has 2 N–H and O–H groups in total. The van der Waals surface area contributed by atoms with Crippen LogP contribution in [0.1, 0.15) is 22.8 Å². The van der Waals surface area contributed by atoms with Gasteiger partial charge >= 0.3 is 0 Å². The highest BCUT2D eigenvalue weighted by Gasteiger charge is 2.22. The van der Waals surface area contributed by atoms with Crippen LogP contribution in [0.25, 0.3) is 0 Å². The molecular weight excluding hydrogens is 224 g/mol. The first-order chi connectivity index (χ1) is 7.97. The molecule has 0 bridgehead atoms. The Labute approximate surface area is 98.4 Å². The van der Waals surface area contributed by atoms with Crippen molar-refractivity contribution in [3.63, 3.8) is 0 Å². The zero-order valence-electron chi connectivity index (χ0n) is 9.64. The number of aliphatic hydroxyl groups is 1. The van der Waals surface area contributed by atoms with Crippen LogP contribution < -0.4 is 5.32 Å². The summed E-state index contributed by atoms with van der Waals surface area (Å²) in [5.41, 5.74) is 0.241. The molecule has 0 aliphatic carbocycles. The molecule has 1 unspecified atom stereocenters. The van der Waals surface area contributed by atoms with Gasteiger partial charge in [-0.1, -0.05) is 12.1 Å². The summed E-state index contributed by atoms with van der Waals surface area (Å²) in [6, 6.07) is 4.11. The number of aliphatic hydroxyl groups excluding tert-OH is 1. The number of hydrogen-bond acceptors (Lipinski definition) is 4. The molecule has 1 aromatic rings. The van der Waals surface area contributed by atoms with Crippen LogP contribution in [0.5, 0.6) is 0 Å². The molecule has 6 heteroatoms. The number of para-hydroxylation sites is 1. The van der Waals surface area contributed by atoms with Crippen LogP contribution in [0.2, 0.25) is 0 Å². The summed E-state index contributed by atoms with van der Waals surface area (Å²) in [5, 5.41) is 22.2. The Morgan fingerprint density at radius 1 is 1.59 bits per heavy atom. The molecule has 0 aliphatic heterocycles. The summed E-state index contributed by atoms with van der Waals surface area (Å²) in [6.45, 7) is 2.97. The van der Waals surface area contributed by atoms with Crippen LogP contribution in [0.3, 0.4) is 0 Å². The third kappa shape index (κ3) is 3.01. The molecule has 1 aromatic carbocycles. The van der Waals surface area contributed by atoms with Crippen molar-refractivity contribution in [2.45, 2.75) is 19.9 Å². The minimum atomic E-state index is -0.576. The van der Waals surface area contributed by atoms with E-state index in [4.69, 9.17) is 5.11 Å². The van der Waals surface area contributed by atoms with Gasteiger partial charge in [-0.15, -0.1) is 0 Å². The Morgan fingerprint density at radius 3 is 2.76 bits per heavy atom. The first-order valence-electron chi connectivity index (χ1n) is 5.13. The number of amides is 1. The van der Waals surface area contributed by atoms with Gasteiger partial charge in [-0.3, -0.25) is 14.9 Å². The lowest BCUT2D eigenvalue weighted by atomic mass is 10.1. The van der Waals surface area contributed by atoms with Crippen molar-refractivity contribution in [3.8, 4) is 0 Å². The fourth-order valence-electron chi connectivity index (χ4n) is 1.43. The molecule has 0 spiro atoms. The van der Waals surface area contributed by atoms with Crippen LogP contribution in [0.15, 0.2) is 18.2 Å². The third-order valence-electron chi connectivity index (χ3n) is 2.32. The van der Waals surface area contributed by atoms with Crippen molar-refractivity contribution in [2.75, 3.05) is 6.61 Å². The molecule has 0 aliphatic rings. The van der Waals surface area contributed by atoms with E-state index in [1.807, 2.05) is 0 Å². The fraction of sp³-hybridized carbons (Fsp3) is 0.364. The van der Waals surface area contributed by atoms with Crippen LogP contribution in [0.4, 0.5) is 5.69 Å². The normalized spacial score (nSPS) is 11.9. The molecule has 1 amide bonds. The molecule has 17 heavy (non-hydrogen) atoms. The summed E-state index contributed by atoms with van der Waals surface area (Å²) >= 11 is 0. The van der Waals surface area contributed by atoms with Gasteiger partial charge in [0.05, 0.1) is 11.5 Å². The Balaban J connectivity index is 3.09. The van der Waals surface area contributed by atoms with Gasteiger partial charge in [-0.2, -0.15) is 0 Å². The van der Waals surface area contributed by atoms with E-state index in [2.05, 4.69) is 5.32 Å². The number of aryl methyl sites for hydroxylation is 1. The van der Waals surface area contributed by atoms with Gasteiger partial charge in [-0.05, 0) is 19.9 Å². The average molecular weight is 238 g/mol. The van der Waals surface area contributed by atoms with E-state index in [0.29, 0.717) is 5.56 Å². The fourth-order valence-corrected chi connectivity index (χ4v) is 1.43. The van der Waals surface area contributed by atoms with E-state index in [-0.39, 0.29) is 17.9 Å². The first kappa shape index (κ1) is 13.1. The Morgan fingerprint density at radius 2 is 2.24 bits per heavy atom. The van der Waals surface area contributed by atoms with Crippen LogP contribution >= 0.6 is 0 Å². The summed E-state index contributed by atoms with van der Waals surface area (Å²) in [4.78, 5) is 22.1. The van der Waals surface area contributed by atoms with Crippen molar-refractivity contribution >= 4 is 11.6 Å². The number of nitrogens with one attached hydrogen (secondary N) is 1. The molecule has 1 atom stereocenters. The smallest absolute Gasteiger partial charge is 0.285 e. The highest BCUT2D eigenvalue weighted by atomic mass is 16.6. The summed E-state index contributed by atoms with van der Waals surface area (Å²) in [6.07, 6.45) is 0. The number of nitro groups is 1. The van der Waals surface area contributed by atoms with Gasteiger partial charge in [0.2, 0.25) is 0 Å². The van der Waals surface area contributed by atoms with Crippen molar-refractivity contribution in [1.29, 1.82) is 0 Å². The van der Waals surface area contributed by atoms with E-state index in [0.717, 1.165) is 0 Å². The van der Waals surface area contributed by atoms with Crippen molar-refractivity contribution in [2.24, 2.45) is 0 Å². The lowest BCUT2D eigenvalue weighted by Crippen LogP contribution is -2.35. The summed E-state index contributed by atoms with van der Waals surface area (Å²) in [5.74, 6) is -0.554. The SMILES string of the molecule is Cc1cccc(C(=O)NC(C)CO)c1[N+](=O)[O-]. The van der Waals surface area contributed by atoms with E-state index in [1.165, 1.54) is 6.07 Å². The van der Waals surface area contributed by atoms with E-state index in [9.17, 15) is 14.9 Å². The van der Waals surface area contributed by atoms with E-state index in [1.54, 1.807) is 26.0 Å². The van der Waals surface area contributed by atoms with Crippen molar-refractivity contribution in [3.05, 3.63) is 39.4 Å². The molecular formula is C11H14N2O4. The second-order valence-electron chi connectivity index (χ2n) is 3.79. The Bertz CT molecular complexity index is 445. The number of rotatable bonds is 4. The largest absolute Gasteiger partial charge is 0.394 e. The Kier molecular flexibility index (Phi) is 4.17. The van der Waals surface area contributed by atoms with Gasteiger partial charge in [-0.25, -0.2) is 0 Å². The van der Waals surface area contributed by atoms with Crippen molar-refractivity contribution in [1.82, 2.24) is 5.32 Å². The number of carbonyl (C=O) groups is 1. The second kappa shape index (κ2) is 5.40. The number of benzene rings is 1. The zero-order chi connectivity index (χ0) is 13.0. The monoisotopic (exact) mass is 238 g/mol. The van der Waals surface area contributed by atoms with Gasteiger partial charge in [0.1, 0.15) is 5.56 Å². The molecule has 0 saturated heterocycles. The lowest BCUT2D eigenvalue weighted by Gasteiger charge is -2.11. The van der Waals surface area contributed by atoms with Crippen LogP contribution in [-0.4, -0.2) is 28.6 Å². The molecule has 6 nitrogen and oxygen atoms in total. The predicted octanol–water partition coefficient (Wildman–Crippen LogP) is 1.01. The molecule has 0 saturated carbocycles. The van der Waals surface area contributed by atoms with Gasteiger partial charge in [0, 0.05) is 11.6 Å². The first-order valence-corrected chi connectivity index (χ1v) is 5.13. The molecule has 0 radical (unpaired) electrons. The number of nitro benzene ring substituents is 1. The van der Waals surface area contributed by atoms with E-state index >= 15 is 0 Å². The van der Waals surface area contributed by atoms with Gasteiger partial charge < -0.3 is 10.4 Å². The van der Waals surface area contributed by atoms with Crippen LogP contribution in [0, 0.1) is 17.0 Å². The minimum absolute atomic E-state index is 0.00954. The predicted molar refractivity (Wildman–Crippen MR) is 61.8 cm³/mol. The lowest BCUT2D eigenvalue weighted by molar-refractivity contribution is -0.385. The third-order valence-corrected chi connectivity index (χ3v) is 2.32. The molecule has 1 rings (SSSR count).